The van der Waals surface area contributed by atoms with Crippen LogP contribution in [0.3, 0.4) is 0 Å². The first-order chi connectivity index (χ1) is 9.90. The highest BCUT2D eigenvalue weighted by atomic mass is 79.9. The molecular formula is C15H12BrF3O2. The molecule has 0 radical (unpaired) electrons. The third-order valence-corrected chi connectivity index (χ3v) is 3.53. The average Bonchev–Trinajstić information content (AvgIpc) is 2.39. The highest BCUT2D eigenvalue weighted by Gasteiger charge is 2.31. The molecule has 2 rings (SSSR count). The van der Waals surface area contributed by atoms with Gasteiger partial charge in [0.05, 0.1) is 6.61 Å². The molecule has 0 atom stereocenters. The second-order valence-corrected chi connectivity index (χ2v) is 5.13. The zero-order valence-corrected chi connectivity index (χ0v) is 12.7. The van der Waals surface area contributed by atoms with Gasteiger partial charge in [0.1, 0.15) is 5.75 Å². The van der Waals surface area contributed by atoms with E-state index in [2.05, 4.69) is 20.7 Å². The SMILES string of the molecule is COCc1c(Br)cccc1-c1cccc(OC(F)(F)F)c1. The minimum absolute atomic E-state index is 0.247. The van der Waals surface area contributed by atoms with Crippen LogP contribution >= 0.6 is 15.9 Å². The molecule has 0 unspecified atom stereocenters. The Kier molecular flexibility index (Phi) is 4.90. The Labute approximate surface area is 128 Å². The van der Waals surface area contributed by atoms with E-state index in [4.69, 9.17) is 4.74 Å². The summed E-state index contributed by atoms with van der Waals surface area (Å²) in [6.07, 6.45) is -4.70. The minimum atomic E-state index is -4.70. The quantitative estimate of drug-likeness (QED) is 0.749. The van der Waals surface area contributed by atoms with Crippen LogP contribution in [-0.4, -0.2) is 13.5 Å². The Bertz CT molecular complexity index is 627. The lowest BCUT2D eigenvalue weighted by atomic mass is 10.00. The maximum Gasteiger partial charge on any atom is 0.573 e. The van der Waals surface area contributed by atoms with Crippen molar-refractivity contribution < 1.29 is 22.6 Å². The first-order valence-corrected chi connectivity index (χ1v) is 6.82. The zero-order chi connectivity index (χ0) is 15.5. The van der Waals surface area contributed by atoms with E-state index in [1.165, 1.54) is 18.2 Å². The number of rotatable bonds is 4. The fraction of sp³-hybridized carbons (Fsp3) is 0.200. The van der Waals surface area contributed by atoms with E-state index >= 15 is 0 Å². The van der Waals surface area contributed by atoms with Crippen LogP contribution in [0, 0.1) is 0 Å². The molecular weight excluding hydrogens is 349 g/mol. The van der Waals surface area contributed by atoms with Crippen molar-refractivity contribution in [3.05, 3.63) is 52.5 Å². The molecule has 2 nitrogen and oxygen atoms in total. The van der Waals surface area contributed by atoms with Crippen molar-refractivity contribution in [2.75, 3.05) is 7.11 Å². The number of hydrogen-bond donors (Lipinski definition) is 0. The maximum absolute atomic E-state index is 12.3. The molecule has 0 aliphatic rings. The predicted molar refractivity (Wildman–Crippen MR) is 77.0 cm³/mol. The van der Waals surface area contributed by atoms with Gasteiger partial charge in [0.15, 0.2) is 0 Å². The first kappa shape index (κ1) is 15.9. The zero-order valence-electron chi connectivity index (χ0n) is 11.1. The van der Waals surface area contributed by atoms with Gasteiger partial charge in [-0.3, -0.25) is 0 Å². The summed E-state index contributed by atoms with van der Waals surface area (Å²) in [4.78, 5) is 0. The summed E-state index contributed by atoms with van der Waals surface area (Å²) in [7, 11) is 1.56. The number of ether oxygens (including phenoxy) is 2. The summed E-state index contributed by atoms with van der Waals surface area (Å²) in [6.45, 7) is 0.348. The molecule has 0 heterocycles. The van der Waals surface area contributed by atoms with Gasteiger partial charge in [-0.25, -0.2) is 0 Å². The van der Waals surface area contributed by atoms with Crippen molar-refractivity contribution in [1.29, 1.82) is 0 Å². The lowest BCUT2D eigenvalue weighted by molar-refractivity contribution is -0.274. The topological polar surface area (TPSA) is 18.5 Å². The molecule has 2 aromatic carbocycles. The first-order valence-electron chi connectivity index (χ1n) is 6.03. The van der Waals surface area contributed by atoms with Crippen LogP contribution < -0.4 is 4.74 Å². The smallest absolute Gasteiger partial charge is 0.406 e. The van der Waals surface area contributed by atoms with Gasteiger partial charge in [0.25, 0.3) is 0 Å². The Morgan fingerprint density at radius 1 is 1.10 bits per heavy atom. The van der Waals surface area contributed by atoms with Crippen LogP contribution in [0.5, 0.6) is 5.75 Å². The van der Waals surface area contributed by atoms with E-state index in [0.29, 0.717) is 12.2 Å². The molecule has 0 amide bonds. The van der Waals surface area contributed by atoms with E-state index in [0.717, 1.165) is 15.6 Å². The third-order valence-electron chi connectivity index (χ3n) is 2.79. The summed E-state index contributed by atoms with van der Waals surface area (Å²) in [5.74, 6) is -0.247. The number of methoxy groups -OCH3 is 1. The molecule has 6 heteroatoms. The average molecular weight is 361 g/mol. The lowest BCUT2D eigenvalue weighted by Gasteiger charge is -2.13. The summed E-state index contributed by atoms with van der Waals surface area (Å²) in [5, 5.41) is 0. The molecule has 112 valence electrons. The molecule has 0 aliphatic heterocycles. The van der Waals surface area contributed by atoms with E-state index in [1.54, 1.807) is 13.2 Å². The summed E-state index contributed by atoms with van der Waals surface area (Å²) in [5.41, 5.74) is 2.29. The van der Waals surface area contributed by atoms with E-state index in [9.17, 15) is 13.2 Å². The van der Waals surface area contributed by atoms with Crippen molar-refractivity contribution in [3.8, 4) is 16.9 Å². The van der Waals surface area contributed by atoms with Crippen molar-refractivity contribution >= 4 is 15.9 Å². The molecule has 0 bridgehead atoms. The summed E-state index contributed by atoms with van der Waals surface area (Å²) >= 11 is 3.42. The molecule has 0 aliphatic carbocycles. The highest BCUT2D eigenvalue weighted by molar-refractivity contribution is 9.10. The van der Waals surface area contributed by atoms with Crippen molar-refractivity contribution in [1.82, 2.24) is 0 Å². The molecule has 0 saturated carbocycles. The van der Waals surface area contributed by atoms with Gasteiger partial charge in [-0.15, -0.1) is 13.2 Å². The Hall–Kier alpha value is -1.53. The minimum Gasteiger partial charge on any atom is -0.406 e. The standard InChI is InChI=1S/C15H12BrF3O2/c1-20-9-13-12(6-3-7-14(13)16)10-4-2-5-11(8-10)21-15(17,18)19/h2-8H,9H2,1H3. The van der Waals surface area contributed by atoms with Gasteiger partial charge >= 0.3 is 6.36 Å². The fourth-order valence-electron chi connectivity index (χ4n) is 1.98. The van der Waals surface area contributed by atoms with E-state index in [1.807, 2.05) is 18.2 Å². The predicted octanol–water partition coefficient (Wildman–Crippen LogP) is 5.16. The normalized spacial score (nSPS) is 11.5. The Morgan fingerprint density at radius 3 is 2.48 bits per heavy atom. The van der Waals surface area contributed by atoms with E-state index in [-0.39, 0.29) is 5.75 Å². The summed E-state index contributed by atoms with van der Waals surface area (Å²) < 4.78 is 46.8. The van der Waals surface area contributed by atoms with Crippen LogP contribution in [0.4, 0.5) is 13.2 Å². The Morgan fingerprint density at radius 2 is 1.81 bits per heavy atom. The molecule has 0 N–H and O–H groups in total. The number of alkyl halides is 3. The third kappa shape index (κ3) is 4.22. The second-order valence-electron chi connectivity index (χ2n) is 4.27. The second kappa shape index (κ2) is 6.49. The number of hydrogen-bond acceptors (Lipinski definition) is 2. The van der Waals surface area contributed by atoms with Crippen molar-refractivity contribution in [3.63, 3.8) is 0 Å². The molecule has 0 spiro atoms. The van der Waals surface area contributed by atoms with Crippen LogP contribution in [-0.2, 0) is 11.3 Å². The summed E-state index contributed by atoms with van der Waals surface area (Å²) in [6, 6.07) is 11.4. The highest BCUT2D eigenvalue weighted by Crippen LogP contribution is 2.33. The van der Waals surface area contributed by atoms with Gasteiger partial charge < -0.3 is 9.47 Å². The lowest BCUT2D eigenvalue weighted by Crippen LogP contribution is -2.17. The molecule has 21 heavy (non-hydrogen) atoms. The van der Waals surface area contributed by atoms with Gasteiger partial charge in [-0.1, -0.05) is 40.2 Å². The number of halogens is 4. The molecule has 0 fully saturated rings. The van der Waals surface area contributed by atoms with Crippen molar-refractivity contribution in [2.24, 2.45) is 0 Å². The van der Waals surface area contributed by atoms with Crippen LogP contribution in [0.2, 0.25) is 0 Å². The molecule has 2 aromatic rings. The largest absolute Gasteiger partial charge is 0.573 e. The van der Waals surface area contributed by atoms with E-state index < -0.39 is 6.36 Å². The van der Waals surface area contributed by atoms with Gasteiger partial charge in [0.2, 0.25) is 0 Å². The van der Waals surface area contributed by atoms with Gasteiger partial charge in [0, 0.05) is 11.6 Å². The van der Waals surface area contributed by atoms with Crippen LogP contribution in [0.25, 0.3) is 11.1 Å². The van der Waals surface area contributed by atoms with Crippen LogP contribution in [0.1, 0.15) is 5.56 Å². The maximum atomic E-state index is 12.3. The molecule has 0 aromatic heterocycles. The van der Waals surface area contributed by atoms with Crippen molar-refractivity contribution in [2.45, 2.75) is 13.0 Å². The fourth-order valence-corrected chi connectivity index (χ4v) is 2.46. The number of benzene rings is 2. The van der Waals surface area contributed by atoms with Gasteiger partial charge in [-0.2, -0.15) is 0 Å². The molecule has 0 saturated heterocycles. The van der Waals surface area contributed by atoms with Crippen LogP contribution in [0.15, 0.2) is 46.9 Å². The van der Waals surface area contributed by atoms with Gasteiger partial charge in [-0.05, 0) is 34.9 Å². The monoisotopic (exact) mass is 360 g/mol. The Balaban J connectivity index is 2.43.